The minimum atomic E-state index is -0.408. The van der Waals surface area contributed by atoms with Gasteiger partial charge in [0, 0.05) is 12.6 Å². The number of ether oxygens (including phenoxy) is 1. The third kappa shape index (κ3) is 3.87. The predicted octanol–water partition coefficient (Wildman–Crippen LogP) is 3.17. The van der Waals surface area contributed by atoms with Crippen molar-refractivity contribution in [3.05, 3.63) is 36.0 Å². The molecule has 2 aromatic rings. The van der Waals surface area contributed by atoms with Gasteiger partial charge in [0.15, 0.2) is 5.82 Å². The molecule has 132 valence electrons. The highest BCUT2D eigenvalue weighted by atomic mass is 16.5. The first-order valence-corrected chi connectivity index (χ1v) is 8.63. The summed E-state index contributed by atoms with van der Waals surface area (Å²) in [4.78, 5) is 18.8. The molecule has 0 aliphatic carbocycles. The van der Waals surface area contributed by atoms with Gasteiger partial charge in [-0.15, -0.1) is 5.10 Å². The minimum Gasteiger partial charge on any atom is -0.465 e. The van der Waals surface area contributed by atoms with E-state index in [4.69, 9.17) is 4.74 Å². The van der Waals surface area contributed by atoms with E-state index >= 15 is 0 Å². The Bertz CT molecular complexity index is 737. The Labute approximate surface area is 147 Å². The van der Waals surface area contributed by atoms with Crippen molar-refractivity contribution in [1.29, 1.82) is 0 Å². The number of anilines is 3. The molecule has 1 fully saturated rings. The van der Waals surface area contributed by atoms with E-state index in [1.807, 2.05) is 6.07 Å². The molecule has 25 heavy (non-hydrogen) atoms. The van der Waals surface area contributed by atoms with Crippen molar-refractivity contribution in [2.75, 3.05) is 23.9 Å². The van der Waals surface area contributed by atoms with E-state index in [0.717, 1.165) is 25.2 Å². The van der Waals surface area contributed by atoms with E-state index in [9.17, 15) is 4.79 Å². The van der Waals surface area contributed by atoms with E-state index < -0.39 is 5.97 Å². The first kappa shape index (κ1) is 17.1. The zero-order valence-electron chi connectivity index (χ0n) is 14.6. The van der Waals surface area contributed by atoms with Gasteiger partial charge in [0.2, 0.25) is 5.95 Å². The van der Waals surface area contributed by atoms with Crippen molar-refractivity contribution in [3.8, 4) is 0 Å². The number of rotatable bonds is 5. The third-order valence-electron chi connectivity index (χ3n) is 4.52. The number of carbonyl (C=O) groups is 1. The molecule has 1 aromatic carbocycles. The molecule has 0 amide bonds. The summed E-state index contributed by atoms with van der Waals surface area (Å²) >= 11 is 0. The zero-order valence-corrected chi connectivity index (χ0v) is 14.6. The number of esters is 1. The molecule has 0 radical (unpaired) electrons. The molecule has 1 unspecified atom stereocenters. The summed E-state index contributed by atoms with van der Waals surface area (Å²) in [5, 5.41) is 11.2. The van der Waals surface area contributed by atoms with E-state index in [2.05, 4.69) is 32.3 Å². The molecule has 7 nitrogen and oxygen atoms in total. The van der Waals surface area contributed by atoms with Crippen molar-refractivity contribution in [3.63, 3.8) is 0 Å². The average Bonchev–Trinajstić information content (AvgIpc) is 2.68. The maximum atomic E-state index is 11.9. The van der Waals surface area contributed by atoms with Crippen LogP contribution in [0.1, 0.15) is 43.0 Å². The summed E-state index contributed by atoms with van der Waals surface area (Å²) < 4.78 is 4.82. The van der Waals surface area contributed by atoms with Gasteiger partial charge in [-0.25, -0.2) is 4.79 Å². The molecule has 0 saturated carbocycles. The predicted molar refractivity (Wildman–Crippen MR) is 96.2 cm³/mol. The number of hydrogen-bond acceptors (Lipinski definition) is 7. The van der Waals surface area contributed by atoms with Crippen LogP contribution in [-0.4, -0.2) is 40.8 Å². The van der Waals surface area contributed by atoms with Crippen LogP contribution in [0.15, 0.2) is 30.5 Å². The van der Waals surface area contributed by atoms with Gasteiger partial charge in [0.05, 0.1) is 24.6 Å². The lowest BCUT2D eigenvalue weighted by Crippen LogP contribution is -2.39. The van der Waals surface area contributed by atoms with Gasteiger partial charge in [-0.05, 0) is 37.8 Å². The topological polar surface area (TPSA) is 80.2 Å². The lowest BCUT2D eigenvalue weighted by Gasteiger charge is -2.35. The molecular formula is C18H23N5O2. The van der Waals surface area contributed by atoms with Crippen LogP contribution in [0, 0.1) is 0 Å². The first-order chi connectivity index (χ1) is 12.2. The van der Waals surface area contributed by atoms with Crippen LogP contribution >= 0.6 is 0 Å². The Morgan fingerprint density at radius 3 is 3.00 bits per heavy atom. The number of carbonyl (C=O) groups excluding carboxylic acids is 1. The number of hydrogen-bond donors (Lipinski definition) is 1. The fourth-order valence-electron chi connectivity index (χ4n) is 3.21. The second-order valence-electron chi connectivity index (χ2n) is 6.05. The summed E-state index contributed by atoms with van der Waals surface area (Å²) in [6.07, 6.45) is 6.37. The third-order valence-corrected chi connectivity index (χ3v) is 4.52. The maximum Gasteiger partial charge on any atom is 0.339 e. The van der Waals surface area contributed by atoms with E-state index in [1.54, 1.807) is 24.4 Å². The Kier molecular flexibility index (Phi) is 5.42. The van der Waals surface area contributed by atoms with E-state index in [-0.39, 0.29) is 0 Å². The van der Waals surface area contributed by atoms with Gasteiger partial charge in [-0.2, -0.15) is 10.1 Å². The molecule has 1 N–H and O–H groups in total. The smallest absolute Gasteiger partial charge is 0.339 e. The van der Waals surface area contributed by atoms with Gasteiger partial charge in [0.1, 0.15) is 0 Å². The normalized spacial score (nSPS) is 17.2. The average molecular weight is 341 g/mol. The van der Waals surface area contributed by atoms with Gasteiger partial charge in [-0.1, -0.05) is 19.1 Å². The number of benzene rings is 1. The highest BCUT2D eigenvalue weighted by Crippen LogP contribution is 2.26. The van der Waals surface area contributed by atoms with Gasteiger partial charge in [-0.3, -0.25) is 0 Å². The van der Waals surface area contributed by atoms with Crippen molar-refractivity contribution in [2.45, 2.75) is 38.6 Å². The van der Waals surface area contributed by atoms with Crippen LogP contribution < -0.4 is 10.2 Å². The highest BCUT2D eigenvalue weighted by molar-refractivity contribution is 5.96. The molecule has 1 aromatic heterocycles. The number of nitrogens with zero attached hydrogens (tertiary/aromatic N) is 4. The quantitative estimate of drug-likeness (QED) is 0.837. The standard InChI is InChI=1S/C18H23N5O2/c1-3-13-8-6-7-11-23(13)16-12-19-22-18(21-16)20-15-10-5-4-9-14(15)17(24)25-2/h4-5,9-10,12-13H,3,6-8,11H2,1-2H3,(H,20,21,22). The largest absolute Gasteiger partial charge is 0.465 e. The van der Waals surface area contributed by atoms with Crippen molar-refractivity contribution in [1.82, 2.24) is 15.2 Å². The van der Waals surface area contributed by atoms with Crippen molar-refractivity contribution >= 4 is 23.4 Å². The number of nitrogens with one attached hydrogen (secondary N) is 1. The Hall–Kier alpha value is -2.70. The van der Waals surface area contributed by atoms with Crippen molar-refractivity contribution in [2.24, 2.45) is 0 Å². The monoisotopic (exact) mass is 341 g/mol. The lowest BCUT2D eigenvalue weighted by atomic mass is 10.0. The molecular weight excluding hydrogens is 318 g/mol. The van der Waals surface area contributed by atoms with Crippen LogP contribution in [-0.2, 0) is 4.74 Å². The highest BCUT2D eigenvalue weighted by Gasteiger charge is 2.23. The SMILES string of the molecule is CCC1CCCCN1c1cnnc(Nc2ccccc2C(=O)OC)n1. The molecule has 1 saturated heterocycles. The summed E-state index contributed by atoms with van der Waals surface area (Å²) in [7, 11) is 1.36. The fraction of sp³-hybridized carbons (Fsp3) is 0.444. The molecule has 0 bridgehead atoms. The van der Waals surface area contributed by atoms with Crippen LogP contribution in [0.2, 0.25) is 0 Å². The molecule has 2 heterocycles. The lowest BCUT2D eigenvalue weighted by molar-refractivity contribution is 0.0602. The number of para-hydroxylation sites is 1. The van der Waals surface area contributed by atoms with Gasteiger partial charge in [0.25, 0.3) is 0 Å². The maximum absolute atomic E-state index is 11.9. The van der Waals surface area contributed by atoms with Crippen LogP contribution in [0.4, 0.5) is 17.5 Å². The molecule has 1 aliphatic heterocycles. The van der Waals surface area contributed by atoms with Gasteiger partial charge < -0.3 is 15.0 Å². The molecule has 1 atom stereocenters. The number of piperidine rings is 1. The Balaban J connectivity index is 1.84. The van der Waals surface area contributed by atoms with Crippen LogP contribution in [0.5, 0.6) is 0 Å². The van der Waals surface area contributed by atoms with Gasteiger partial charge >= 0.3 is 5.97 Å². The molecule has 3 rings (SSSR count). The van der Waals surface area contributed by atoms with E-state index in [1.165, 1.54) is 20.0 Å². The van der Waals surface area contributed by atoms with E-state index in [0.29, 0.717) is 23.2 Å². The summed E-state index contributed by atoms with van der Waals surface area (Å²) in [5.41, 5.74) is 1.03. The molecule has 1 aliphatic rings. The second-order valence-corrected chi connectivity index (χ2v) is 6.05. The van der Waals surface area contributed by atoms with Crippen LogP contribution in [0.3, 0.4) is 0 Å². The fourth-order valence-corrected chi connectivity index (χ4v) is 3.21. The van der Waals surface area contributed by atoms with Crippen molar-refractivity contribution < 1.29 is 9.53 Å². The summed E-state index contributed by atoms with van der Waals surface area (Å²) in [6, 6.07) is 7.60. The summed E-state index contributed by atoms with van der Waals surface area (Å²) in [5.74, 6) is 0.781. The Morgan fingerprint density at radius 2 is 2.20 bits per heavy atom. The number of methoxy groups -OCH3 is 1. The number of aromatic nitrogens is 3. The Morgan fingerprint density at radius 1 is 1.36 bits per heavy atom. The second kappa shape index (κ2) is 7.92. The molecule has 0 spiro atoms. The minimum absolute atomic E-state index is 0.370. The summed E-state index contributed by atoms with van der Waals surface area (Å²) in [6.45, 7) is 3.18. The molecule has 7 heteroatoms. The first-order valence-electron chi connectivity index (χ1n) is 8.63. The van der Waals surface area contributed by atoms with Crippen LogP contribution in [0.25, 0.3) is 0 Å². The zero-order chi connectivity index (χ0) is 17.6.